The van der Waals surface area contributed by atoms with Gasteiger partial charge >= 0.3 is 17.8 Å². The summed E-state index contributed by atoms with van der Waals surface area (Å²) in [6.45, 7) is 5.33. The van der Waals surface area contributed by atoms with Gasteiger partial charge in [0.25, 0.3) is 0 Å². The Balaban J connectivity index is 1.89. The van der Waals surface area contributed by atoms with Crippen molar-refractivity contribution >= 4 is 35.3 Å². The highest BCUT2D eigenvalue weighted by atomic mass is 16.5. The van der Waals surface area contributed by atoms with Crippen LogP contribution in [-0.2, 0) is 28.7 Å². The number of carboxylic acid groups (broad SMARTS) is 1. The van der Waals surface area contributed by atoms with E-state index in [2.05, 4.69) is 5.32 Å². The fourth-order valence-electron chi connectivity index (χ4n) is 5.91. The second-order valence-electron chi connectivity index (χ2n) is 11.5. The number of aliphatic carboxylic acids is 1. The molecular weight excluding hydrogens is 526 g/mol. The van der Waals surface area contributed by atoms with Crippen molar-refractivity contribution in [1.29, 1.82) is 0 Å². The van der Waals surface area contributed by atoms with Crippen LogP contribution in [0.2, 0.25) is 0 Å². The van der Waals surface area contributed by atoms with Gasteiger partial charge in [-0.3, -0.25) is 14.4 Å². The predicted octanol–water partition coefficient (Wildman–Crippen LogP) is 3.78. The molecule has 1 aromatic carbocycles. The molecule has 0 aromatic heterocycles. The van der Waals surface area contributed by atoms with Crippen LogP contribution in [0, 0.1) is 11.3 Å². The molecule has 0 spiro atoms. The van der Waals surface area contributed by atoms with Gasteiger partial charge in [0.2, 0.25) is 11.8 Å². The second-order valence-corrected chi connectivity index (χ2v) is 11.5. The minimum Gasteiger partial charge on any atom is -0.481 e. The summed E-state index contributed by atoms with van der Waals surface area (Å²) in [7, 11) is 1.64. The van der Waals surface area contributed by atoms with Gasteiger partial charge in [-0.1, -0.05) is 31.0 Å². The lowest BCUT2D eigenvalue weighted by molar-refractivity contribution is -0.149. The van der Waals surface area contributed by atoms with E-state index in [1.54, 1.807) is 44.4 Å². The molecule has 10 heteroatoms. The molecular formula is C31H44N3O7+. The fourth-order valence-corrected chi connectivity index (χ4v) is 5.91. The monoisotopic (exact) mass is 570 g/mol. The summed E-state index contributed by atoms with van der Waals surface area (Å²) in [6.07, 6.45) is 6.70. The maximum absolute atomic E-state index is 14.2. The Morgan fingerprint density at radius 2 is 1.80 bits per heavy atom. The first kappa shape index (κ1) is 32.0. The fraction of sp³-hybridized carbons (Fsp3) is 0.581. The third kappa shape index (κ3) is 7.41. The van der Waals surface area contributed by atoms with Crippen molar-refractivity contribution in [2.45, 2.75) is 84.2 Å². The number of ether oxygens (including phenoxy) is 1. The number of allylic oxidation sites excluding steroid dienone is 1. The lowest BCUT2D eigenvalue weighted by Crippen LogP contribution is -2.61. The van der Waals surface area contributed by atoms with Crippen molar-refractivity contribution < 1.29 is 33.8 Å². The molecule has 2 N–H and O–H groups in total. The summed E-state index contributed by atoms with van der Waals surface area (Å²) in [5, 5.41) is 13.0. The highest BCUT2D eigenvalue weighted by molar-refractivity contribution is 6.00. The molecule has 10 nitrogen and oxygen atoms in total. The van der Waals surface area contributed by atoms with Gasteiger partial charge in [0, 0.05) is 31.6 Å². The maximum Gasteiger partial charge on any atom is 0.363 e. The van der Waals surface area contributed by atoms with E-state index in [0.29, 0.717) is 31.4 Å². The number of hydrogen-bond acceptors (Lipinski definition) is 6. The molecule has 0 saturated heterocycles. The average Bonchev–Trinajstić information content (AvgIpc) is 3.37. The van der Waals surface area contributed by atoms with Crippen LogP contribution < -0.4 is 9.80 Å². The number of nitrogens with zero attached hydrogens (tertiary/aromatic N) is 2. The topological polar surface area (TPSA) is 130 Å². The van der Waals surface area contributed by atoms with Crippen molar-refractivity contribution in [1.82, 2.24) is 14.7 Å². The number of hydrogen-bond donors (Lipinski definition) is 2. The molecule has 224 valence electrons. The highest BCUT2D eigenvalue weighted by Crippen LogP contribution is 2.44. The van der Waals surface area contributed by atoms with Crippen molar-refractivity contribution in [3.8, 4) is 0 Å². The number of carboxylic acids is 1. The molecule has 1 aromatic rings. The zero-order chi connectivity index (χ0) is 30.2. The molecule has 1 aliphatic heterocycles. The zero-order valence-corrected chi connectivity index (χ0v) is 24.6. The molecule has 2 aliphatic rings. The van der Waals surface area contributed by atoms with Gasteiger partial charge in [-0.2, -0.15) is 4.48 Å². The number of carbonyl (C=O) groups excluding carboxylic acids is 4. The predicted molar refractivity (Wildman–Crippen MR) is 154 cm³/mol. The van der Waals surface area contributed by atoms with Crippen LogP contribution in [0.1, 0.15) is 72.1 Å². The number of esters is 1. The summed E-state index contributed by atoms with van der Waals surface area (Å²) in [4.78, 5) is 67.4. The van der Waals surface area contributed by atoms with Crippen LogP contribution in [0.25, 0.3) is 0 Å². The Labute approximate surface area is 242 Å². The molecule has 1 fully saturated rings. The first-order chi connectivity index (χ1) is 19.5. The van der Waals surface area contributed by atoms with Gasteiger partial charge < -0.3 is 20.1 Å². The molecule has 3 amide bonds. The Morgan fingerprint density at radius 1 is 1.15 bits per heavy atom. The first-order valence-electron chi connectivity index (χ1n) is 14.6. The van der Waals surface area contributed by atoms with E-state index in [0.717, 1.165) is 12.8 Å². The molecule has 1 saturated carbocycles. The van der Waals surface area contributed by atoms with Crippen LogP contribution in [0.3, 0.4) is 0 Å². The molecule has 3 atom stereocenters. The van der Waals surface area contributed by atoms with Crippen LogP contribution >= 0.6 is 0 Å². The Hall–Kier alpha value is -3.53. The molecule has 1 aliphatic carbocycles. The summed E-state index contributed by atoms with van der Waals surface area (Å²) >= 11 is 0. The van der Waals surface area contributed by atoms with Crippen molar-refractivity contribution in [3.05, 3.63) is 42.6 Å². The van der Waals surface area contributed by atoms with E-state index in [-0.39, 0.29) is 49.8 Å². The number of para-hydroxylation sites is 1. The zero-order valence-electron chi connectivity index (χ0n) is 24.6. The molecule has 3 rings (SSSR count). The van der Waals surface area contributed by atoms with E-state index in [4.69, 9.17) is 4.74 Å². The van der Waals surface area contributed by atoms with E-state index < -0.39 is 33.8 Å². The largest absolute Gasteiger partial charge is 0.481 e. The van der Waals surface area contributed by atoms with Gasteiger partial charge in [-0.25, -0.2) is 9.59 Å². The SMILES string of the molecule is CCOC(=O)C[N+]1(c2ccccc2)C=CCC[C@H](NC(=O)C2(CC(CC(=O)N(C)C(C)C)C(=O)O)CCCC2)C1=O. The van der Waals surface area contributed by atoms with Gasteiger partial charge in [0.1, 0.15) is 17.9 Å². The van der Waals surface area contributed by atoms with Gasteiger partial charge in [0.05, 0.1) is 17.9 Å². The summed E-state index contributed by atoms with van der Waals surface area (Å²) in [5.74, 6) is -3.68. The number of amides is 3. The van der Waals surface area contributed by atoms with Crippen molar-refractivity contribution in [2.75, 3.05) is 20.2 Å². The summed E-state index contributed by atoms with van der Waals surface area (Å²) in [5.41, 5.74) is -0.416. The molecule has 0 bridgehead atoms. The Morgan fingerprint density at radius 3 is 2.39 bits per heavy atom. The van der Waals surface area contributed by atoms with Gasteiger partial charge in [0.15, 0.2) is 6.54 Å². The molecule has 0 radical (unpaired) electrons. The van der Waals surface area contributed by atoms with E-state index in [9.17, 15) is 29.1 Å². The maximum atomic E-state index is 14.2. The molecule has 41 heavy (non-hydrogen) atoms. The van der Waals surface area contributed by atoms with Crippen LogP contribution in [-0.4, -0.2) is 71.9 Å². The van der Waals surface area contributed by atoms with Crippen molar-refractivity contribution in [3.63, 3.8) is 0 Å². The van der Waals surface area contributed by atoms with Gasteiger partial charge in [-0.15, -0.1) is 0 Å². The lowest BCUT2D eigenvalue weighted by Gasteiger charge is -2.35. The summed E-state index contributed by atoms with van der Waals surface area (Å²) in [6, 6.07) is 7.96. The first-order valence-corrected chi connectivity index (χ1v) is 14.6. The minimum absolute atomic E-state index is 0.0204. The average molecular weight is 571 g/mol. The Kier molecular flexibility index (Phi) is 10.8. The van der Waals surface area contributed by atoms with Crippen LogP contribution in [0.5, 0.6) is 0 Å². The highest BCUT2D eigenvalue weighted by Gasteiger charge is 2.49. The normalized spacial score (nSPS) is 22.6. The third-order valence-electron chi connectivity index (χ3n) is 8.50. The number of rotatable bonds is 12. The van der Waals surface area contributed by atoms with Crippen LogP contribution in [0.4, 0.5) is 5.69 Å². The minimum atomic E-state index is -1.11. The van der Waals surface area contributed by atoms with Gasteiger partial charge in [-0.05, 0) is 59.0 Å². The van der Waals surface area contributed by atoms with Crippen molar-refractivity contribution in [2.24, 2.45) is 11.3 Å². The smallest absolute Gasteiger partial charge is 0.363 e. The van der Waals surface area contributed by atoms with E-state index in [1.807, 2.05) is 26.0 Å². The molecule has 2 unspecified atom stereocenters. The number of quaternary nitrogens is 1. The number of benzene rings is 1. The second kappa shape index (κ2) is 13.9. The summed E-state index contributed by atoms with van der Waals surface area (Å²) < 4.78 is 4.78. The standard InChI is InChI=1S/C31H43N3O7/c1-5-41-27(36)21-34(24-13-7-6-8-14-24)18-12-9-15-25(28(34)37)32-30(40)31(16-10-11-17-31)20-23(29(38)39)19-26(35)33(4)22(2)3/h6-8,12-14,18,22-23,25H,5,9-11,15-17,19-21H2,1-4H3,(H-,32,38,39,40)/p+1/t23?,25-,34?/m0/s1. The number of nitrogens with one attached hydrogen (secondary N) is 1. The van der Waals surface area contributed by atoms with E-state index >= 15 is 0 Å². The Bertz CT molecular complexity index is 1140. The quantitative estimate of drug-likeness (QED) is 0.289. The lowest BCUT2D eigenvalue weighted by atomic mass is 9.75. The molecule has 1 heterocycles. The van der Waals surface area contributed by atoms with Crippen LogP contribution in [0.15, 0.2) is 42.6 Å². The van der Waals surface area contributed by atoms with E-state index in [1.165, 1.54) is 4.90 Å². The number of carbonyl (C=O) groups is 5. The third-order valence-corrected chi connectivity index (χ3v) is 8.50.